The van der Waals surface area contributed by atoms with Gasteiger partial charge in [0.1, 0.15) is 22.7 Å². The van der Waals surface area contributed by atoms with Gasteiger partial charge in [0.25, 0.3) is 5.91 Å². The Balaban J connectivity index is 1.74. The smallest absolute Gasteiger partial charge is 0.303 e. The van der Waals surface area contributed by atoms with Gasteiger partial charge >= 0.3 is 5.97 Å². The second-order valence-corrected chi connectivity index (χ2v) is 11.2. The predicted molar refractivity (Wildman–Crippen MR) is 153 cm³/mol. The minimum atomic E-state index is -0.823. The number of aromatic amines is 1. The van der Waals surface area contributed by atoms with Crippen LogP contribution < -0.4 is 5.32 Å². The number of carbonyl (C=O) groups excluding carboxylic acids is 4. The Labute approximate surface area is 238 Å². The van der Waals surface area contributed by atoms with Crippen LogP contribution in [-0.2, 0) is 25.5 Å². The van der Waals surface area contributed by atoms with Crippen molar-refractivity contribution in [3.63, 3.8) is 0 Å². The summed E-state index contributed by atoms with van der Waals surface area (Å²) >= 11 is 1.19. The number of hydrogen-bond donors (Lipinski definition) is 3. The summed E-state index contributed by atoms with van der Waals surface area (Å²) in [5.74, 6) is -0.785. The van der Waals surface area contributed by atoms with Crippen molar-refractivity contribution < 1.29 is 29.0 Å². The van der Waals surface area contributed by atoms with Gasteiger partial charge in [0.2, 0.25) is 5.91 Å². The van der Waals surface area contributed by atoms with Gasteiger partial charge in [0.05, 0.1) is 6.04 Å². The zero-order valence-corrected chi connectivity index (χ0v) is 24.4. The molecule has 3 aromatic rings. The van der Waals surface area contributed by atoms with Crippen LogP contribution in [0.1, 0.15) is 80.5 Å². The zero-order chi connectivity index (χ0) is 29.4. The van der Waals surface area contributed by atoms with E-state index in [9.17, 15) is 24.3 Å². The molecule has 216 valence electrons. The van der Waals surface area contributed by atoms with Crippen molar-refractivity contribution in [1.82, 2.24) is 20.2 Å². The van der Waals surface area contributed by atoms with E-state index in [2.05, 4.69) is 15.3 Å². The first-order valence-corrected chi connectivity index (χ1v) is 14.3. The van der Waals surface area contributed by atoms with Crippen LogP contribution in [0.5, 0.6) is 5.75 Å². The fourth-order valence-electron chi connectivity index (χ4n) is 4.67. The first-order chi connectivity index (χ1) is 19.0. The molecule has 0 saturated carbocycles. The van der Waals surface area contributed by atoms with E-state index in [0.29, 0.717) is 24.1 Å². The molecule has 3 rings (SSSR count). The summed E-state index contributed by atoms with van der Waals surface area (Å²) in [6.07, 6.45) is 4.40. The Kier molecular flexibility index (Phi) is 10.8. The number of H-pyrrole nitrogens is 1. The van der Waals surface area contributed by atoms with Crippen LogP contribution in [0.4, 0.5) is 0 Å². The molecule has 2 amide bonds. The number of ether oxygens (including phenoxy) is 1. The zero-order valence-electron chi connectivity index (χ0n) is 23.6. The van der Waals surface area contributed by atoms with Gasteiger partial charge in [-0.25, -0.2) is 4.98 Å². The van der Waals surface area contributed by atoms with E-state index in [4.69, 9.17) is 4.74 Å². The second-order valence-electron chi connectivity index (χ2n) is 10.3. The highest BCUT2D eigenvalue weighted by atomic mass is 32.1. The minimum Gasteiger partial charge on any atom is -0.508 e. The average Bonchev–Trinajstić information content (AvgIpc) is 3.56. The lowest BCUT2D eigenvalue weighted by atomic mass is 9.96. The number of fused-ring (bicyclic) bond motifs is 1. The number of benzene rings is 1. The van der Waals surface area contributed by atoms with Gasteiger partial charge < -0.3 is 29.8 Å². The van der Waals surface area contributed by atoms with Crippen molar-refractivity contribution in [2.75, 3.05) is 7.05 Å². The van der Waals surface area contributed by atoms with E-state index in [1.165, 1.54) is 18.3 Å². The molecule has 0 bridgehead atoms. The highest BCUT2D eigenvalue weighted by molar-refractivity contribution is 7.09. The molecule has 3 atom stereocenters. The van der Waals surface area contributed by atoms with Gasteiger partial charge in [-0.2, -0.15) is 0 Å². The van der Waals surface area contributed by atoms with Crippen molar-refractivity contribution in [2.24, 2.45) is 5.92 Å². The Morgan fingerprint density at radius 1 is 1.27 bits per heavy atom. The maximum absolute atomic E-state index is 13.0. The Hall–Kier alpha value is -3.73. The van der Waals surface area contributed by atoms with Crippen LogP contribution in [0, 0.1) is 5.92 Å². The first-order valence-electron chi connectivity index (χ1n) is 13.5. The standard InChI is InChI=1S/C29H38N4O6S/c1-6-7-8-27(37)33(5)25(17(2)3)13-26(39-18(4)35)29-32-24(16-40-29)28(38)31-20(15-34)11-19-14-30-23-10-9-21(36)12-22(19)23/h9-10,12,14-17,20,25-26,30,36H,6-8,11,13H2,1-5H3,(H,31,38)/t20?,25-,26-/m1/s1. The highest BCUT2D eigenvalue weighted by Gasteiger charge is 2.30. The van der Waals surface area contributed by atoms with Gasteiger partial charge in [-0.15, -0.1) is 11.3 Å². The summed E-state index contributed by atoms with van der Waals surface area (Å²) in [5, 5.41) is 15.3. The molecule has 40 heavy (non-hydrogen) atoms. The topological polar surface area (TPSA) is 142 Å². The molecule has 3 N–H and O–H groups in total. The fourth-order valence-corrected chi connectivity index (χ4v) is 5.51. The van der Waals surface area contributed by atoms with E-state index in [0.717, 1.165) is 29.3 Å². The lowest BCUT2D eigenvalue weighted by Crippen LogP contribution is -2.41. The third-order valence-corrected chi connectivity index (χ3v) is 7.81. The molecule has 11 heteroatoms. The van der Waals surface area contributed by atoms with Crippen LogP contribution in [-0.4, -0.2) is 63.2 Å². The van der Waals surface area contributed by atoms with Gasteiger partial charge in [-0.1, -0.05) is 27.2 Å². The maximum Gasteiger partial charge on any atom is 0.303 e. The third-order valence-electron chi connectivity index (χ3n) is 6.87. The second kappa shape index (κ2) is 14.1. The van der Waals surface area contributed by atoms with Crippen LogP contribution in [0.2, 0.25) is 0 Å². The minimum absolute atomic E-state index is 0.0339. The molecule has 0 spiro atoms. The molecule has 2 aromatic heterocycles. The van der Waals surface area contributed by atoms with Gasteiger partial charge in [0.15, 0.2) is 6.10 Å². The molecule has 1 unspecified atom stereocenters. The highest BCUT2D eigenvalue weighted by Crippen LogP contribution is 2.31. The summed E-state index contributed by atoms with van der Waals surface area (Å²) in [5.41, 5.74) is 1.69. The molecule has 0 radical (unpaired) electrons. The summed E-state index contributed by atoms with van der Waals surface area (Å²) in [6, 6.07) is 3.88. The van der Waals surface area contributed by atoms with Crippen LogP contribution in [0.3, 0.4) is 0 Å². The molecule has 2 heterocycles. The molecule has 0 saturated heterocycles. The molecule has 10 nitrogen and oxygen atoms in total. The van der Waals surface area contributed by atoms with Crippen LogP contribution in [0.15, 0.2) is 29.8 Å². The van der Waals surface area contributed by atoms with E-state index in [-0.39, 0.29) is 35.7 Å². The number of phenolic OH excluding ortho intramolecular Hbond substituents is 1. The van der Waals surface area contributed by atoms with Crippen molar-refractivity contribution in [1.29, 1.82) is 0 Å². The molecular formula is C29H38N4O6S. The van der Waals surface area contributed by atoms with Crippen molar-refractivity contribution in [2.45, 2.75) is 78.0 Å². The molecule has 0 fully saturated rings. The fraction of sp³-hybridized carbons (Fsp3) is 0.483. The van der Waals surface area contributed by atoms with Crippen LogP contribution >= 0.6 is 11.3 Å². The first kappa shape index (κ1) is 30.8. The number of aldehydes is 1. The average molecular weight is 571 g/mol. The van der Waals surface area contributed by atoms with Crippen molar-refractivity contribution in [3.05, 3.63) is 46.0 Å². The number of thiazole rings is 1. The number of rotatable bonds is 14. The monoisotopic (exact) mass is 570 g/mol. The summed E-state index contributed by atoms with van der Waals surface area (Å²) < 4.78 is 5.60. The lowest BCUT2D eigenvalue weighted by Gasteiger charge is -2.33. The van der Waals surface area contributed by atoms with Crippen molar-refractivity contribution in [3.8, 4) is 5.75 Å². The quantitative estimate of drug-likeness (QED) is 0.191. The largest absolute Gasteiger partial charge is 0.508 e. The number of phenols is 1. The predicted octanol–water partition coefficient (Wildman–Crippen LogP) is 4.54. The number of hydrogen-bond acceptors (Lipinski definition) is 8. The normalized spacial score (nSPS) is 13.6. The molecular weight excluding hydrogens is 532 g/mol. The van der Waals surface area contributed by atoms with Crippen molar-refractivity contribution >= 4 is 46.3 Å². The number of aromatic nitrogens is 2. The van der Waals surface area contributed by atoms with E-state index in [1.54, 1.807) is 41.7 Å². The lowest BCUT2D eigenvalue weighted by molar-refractivity contribution is -0.148. The number of nitrogens with zero attached hydrogens (tertiary/aromatic N) is 2. The van der Waals surface area contributed by atoms with Gasteiger partial charge in [-0.3, -0.25) is 14.4 Å². The SMILES string of the molecule is CCCCC(=O)N(C)[C@H](C[C@@H](OC(C)=O)c1nc(C(=O)NC(C=O)Cc2c[nH]c3ccc(O)cc23)cs1)C(C)C. The molecule has 0 aliphatic carbocycles. The number of nitrogens with one attached hydrogen (secondary N) is 2. The maximum atomic E-state index is 13.0. The van der Waals surface area contributed by atoms with Crippen LogP contribution in [0.25, 0.3) is 10.9 Å². The number of aromatic hydroxyl groups is 1. The Bertz CT molecular complexity index is 1330. The summed E-state index contributed by atoms with van der Waals surface area (Å²) in [4.78, 5) is 58.8. The molecule has 1 aromatic carbocycles. The van der Waals surface area contributed by atoms with Gasteiger partial charge in [-0.05, 0) is 36.1 Å². The van der Waals surface area contributed by atoms with E-state index >= 15 is 0 Å². The number of carbonyl (C=O) groups is 4. The van der Waals surface area contributed by atoms with Gasteiger partial charge in [0, 0.05) is 61.8 Å². The third kappa shape index (κ3) is 7.91. The molecule has 0 aliphatic heterocycles. The number of esters is 1. The Morgan fingerprint density at radius 3 is 2.67 bits per heavy atom. The van der Waals surface area contributed by atoms with E-state index in [1.807, 2.05) is 20.8 Å². The van der Waals surface area contributed by atoms with E-state index < -0.39 is 24.0 Å². The number of amides is 2. The Morgan fingerprint density at radius 2 is 2.02 bits per heavy atom. The molecule has 0 aliphatic rings. The summed E-state index contributed by atoms with van der Waals surface area (Å²) in [6.45, 7) is 7.36. The number of unbranched alkanes of at least 4 members (excludes halogenated alkanes) is 1. The summed E-state index contributed by atoms with van der Waals surface area (Å²) in [7, 11) is 1.77.